The highest BCUT2D eigenvalue weighted by Crippen LogP contribution is 2.18. The van der Waals surface area contributed by atoms with E-state index in [0.717, 1.165) is 6.08 Å². The Hall–Kier alpha value is -0.733. The molecule has 0 fully saturated rings. The molecule has 0 spiro atoms. The molecule has 1 atom stereocenters. The van der Waals surface area contributed by atoms with Crippen molar-refractivity contribution in [2.75, 3.05) is 27.9 Å². The molecule has 0 bridgehead atoms. The molecule has 0 heterocycles. The van der Waals surface area contributed by atoms with Crippen LogP contribution in [0.4, 0.5) is 0 Å². The smallest absolute Gasteiger partial charge is 0.433 e. The van der Waals surface area contributed by atoms with Crippen molar-refractivity contribution in [1.82, 2.24) is 0 Å². The maximum atomic E-state index is 11.1. The number of carbonyl (C=O) groups excluding carboxylic acids is 1. The van der Waals surface area contributed by atoms with Crippen LogP contribution < -0.4 is 0 Å². The molecular weight excluding hydrogens is 256 g/mol. The Balaban J connectivity index is 4.39. The summed E-state index contributed by atoms with van der Waals surface area (Å²) in [6.07, 6.45) is 0.891. The minimum atomic E-state index is -2.67. The van der Waals surface area contributed by atoms with E-state index in [4.69, 9.17) is 22.8 Å². The van der Waals surface area contributed by atoms with Gasteiger partial charge in [0.2, 0.25) is 6.29 Å². The Morgan fingerprint density at radius 3 is 2.22 bits per heavy atom. The van der Waals surface area contributed by atoms with E-state index < -0.39 is 21.1 Å². The number of carbonyl (C=O) groups is 1. The highest BCUT2D eigenvalue weighted by molar-refractivity contribution is 6.60. The van der Waals surface area contributed by atoms with Crippen LogP contribution in [0.1, 0.15) is 13.3 Å². The van der Waals surface area contributed by atoms with Gasteiger partial charge in [0.05, 0.1) is 0 Å². The fraction of sp³-hybridized carbons (Fsp3) is 0.727. The van der Waals surface area contributed by atoms with E-state index in [0.29, 0.717) is 19.1 Å². The van der Waals surface area contributed by atoms with E-state index in [1.807, 2.05) is 6.92 Å². The van der Waals surface area contributed by atoms with Gasteiger partial charge in [0.15, 0.2) is 0 Å². The van der Waals surface area contributed by atoms with Gasteiger partial charge in [-0.3, -0.25) is 0 Å². The van der Waals surface area contributed by atoms with Gasteiger partial charge < -0.3 is 22.8 Å². The first-order chi connectivity index (χ1) is 8.57. The standard InChI is InChI=1S/C11H22O6Si/c1-6-10(12)17-11(16-7-2)8-9-18(13-3,14-4)15-5/h6,11H,1,7-9H2,2-5H3. The van der Waals surface area contributed by atoms with Crippen LogP contribution in [0.2, 0.25) is 6.04 Å². The maximum Gasteiger partial charge on any atom is 0.500 e. The molecule has 0 aliphatic carbocycles. The van der Waals surface area contributed by atoms with Crippen molar-refractivity contribution in [3.05, 3.63) is 12.7 Å². The Morgan fingerprint density at radius 2 is 1.83 bits per heavy atom. The summed E-state index contributed by atoms with van der Waals surface area (Å²) >= 11 is 0. The van der Waals surface area contributed by atoms with Gasteiger partial charge in [-0.2, -0.15) is 0 Å². The monoisotopic (exact) mass is 278 g/mol. The van der Waals surface area contributed by atoms with Crippen LogP contribution in [0.5, 0.6) is 0 Å². The van der Waals surface area contributed by atoms with Gasteiger partial charge in [-0.1, -0.05) is 6.58 Å². The van der Waals surface area contributed by atoms with Crippen molar-refractivity contribution >= 4 is 14.8 Å². The zero-order valence-corrected chi connectivity index (χ0v) is 12.4. The van der Waals surface area contributed by atoms with Crippen LogP contribution in [0.15, 0.2) is 12.7 Å². The molecule has 0 amide bonds. The van der Waals surface area contributed by atoms with Crippen LogP contribution in [0, 0.1) is 0 Å². The van der Waals surface area contributed by atoms with Gasteiger partial charge in [-0.15, -0.1) is 0 Å². The molecule has 1 unspecified atom stereocenters. The van der Waals surface area contributed by atoms with Crippen molar-refractivity contribution in [2.24, 2.45) is 0 Å². The summed E-state index contributed by atoms with van der Waals surface area (Å²) in [4.78, 5) is 11.1. The van der Waals surface area contributed by atoms with E-state index in [1.165, 1.54) is 21.3 Å². The molecule has 0 aromatic rings. The molecule has 106 valence electrons. The van der Waals surface area contributed by atoms with Crippen LogP contribution >= 0.6 is 0 Å². The van der Waals surface area contributed by atoms with E-state index >= 15 is 0 Å². The molecule has 0 aromatic heterocycles. The predicted molar refractivity (Wildman–Crippen MR) is 67.9 cm³/mol. The fourth-order valence-electron chi connectivity index (χ4n) is 1.39. The molecule has 7 heteroatoms. The second kappa shape index (κ2) is 9.23. The van der Waals surface area contributed by atoms with E-state index in [2.05, 4.69) is 6.58 Å². The molecule has 0 aromatic carbocycles. The first kappa shape index (κ1) is 17.3. The lowest BCUT2D eigenvalue weighted by Gasteiger charge is -2.26. The summed E-state index contributed by atoms with van der Waals surface area (Å²) in [6, 6.07) is 0.492. The Bertz CT molecular complexity index is 246. The molecule has 6 nitrogen and oxygen atoms in total. The summed E-state index contributed by atoms with van der Waals surface area (Å²) in [7, 11) is 1.93. The minimum absolute atomic E-state index is 0.440. The predicted octanol–water partition coefficient (Wildman–Crippen LogP) is 1.35. The molecule has 0 aliphatic rings. The Morgan fingerprint density at radius 1 is 1.28 bits per heavy atom. The highest BCUT2D eigenvalue weighted by atomic mass is 28.4. The van der Waals surface area contributed by atoms with Gasteiger partial charge in [0.1, 0.15) is 0 Å². The third-order valence-corrected chi connectivity index (χ3v) is 5.15. The number of hydrogen-bond donors (Lipinski definition) is 0. The summed E-state index contributed by atoms with van der Waals surface area (Å²) < 4.78 is 26.2. The molecule has 0 aliphatic heterocycles. The molecule has 18 heavy (non-hydrogen) atoms. The number of rotatable bonds is 10. The zero-order chi connectivity index (χ0) is 14.0. The molecule has 0 rings (SSSR count). The Kier molecular flexibility index (Phi) is 8.85. The largest absolute Gasteiger partial charge is 0.500 e. The Labute approximate surface area is 109 Å². The quantitative estimate of drug-likeness (QED) is 0.260. The third kappa shape index (κ3) is 5.74. The molecule has 0 N–H and O–H groups in total. The summed E-state index contributed by atoms with van der Waals surface area (Å²) in [5, 5.41) is 0. The van der Waals surface area contributed by atoms with E-state index in [1.54, 1.807) is 0 Å². The van der Waals surface area contributed by atoms with Crippen LogP contribution in [-0.2, 0) is 27.5 Å². The lowest BCUT2D eigenvalue weighted by molar-refractivity contribution is -0.172. The van der Waals surface area contributed by atoms with Crippen molar-refractivity contribution < 1.29 is 27.5 Å². The van der Waals surface area contributed by atoms with Gasteiger partial charge in [-0.05, 0) is 6.92 Å². The minimum Gasteiger partial charge on any atom is -0.433 e. The zero-order valence-electron chi connectivity index (χ0n) is 11.4. The summed E-state index contributed by atoms with van der Waals surface area (Å²) in [5.41, 5.74) is 0. The molecule has 0 saturated heterocycles. The van der Waals surface area contributed by atoms with Crippen LogP contribution in [0.3, 0.4) is 0 Å². The lowest BCUT2D eigenvalue weighted by atomic mass is 10.4. The van der Waals surface area contributed by atoms with Crippen molar-refractivity contribution in [3.8, 4) is 0 Å². The van der Waals surface area contributed by atoms with Crippen LogP contribution in [-0.4, -0.2) is 49.0 Å². The second-order valence-corrected chi connectivity index (χ2v) is 6.45. The normalized spacial score (nSPS) is 13.1. The third-order valence-electron chi connectivity index (χ3n) is 2.39. The lowest BCUT2D eigenvalue weighted by Crippen LogP contribution is -2.43. The number of ether oxygens (including phenoxy) is 2. The van der Waals surface area contributed by atoms with E-state index in [-0.39, 0.29) is 0 Å². The van der Waals surface area contributed by atoms with Crippen molar-refractivity contribution in [1.29, 1.82) is 0 Å². The summed E-state index contributed by atoms with van der Waals surface area (Å²) in [6.45, 7) is 5.60. The number of hydrogen-bond acceptors (Lipinski definition) is 6. The maximum absolute atomic E-state index is 11.1. The van der Waals surface area contributed by atoms with Gasteiger partial charge in [0.25, 0.3) is 0 Å². The summed E-state index contributed by atoms with van der Waals surface area (Å²) in [5.74, 6) is -0.520. The topological polar surface area (TPSA) is 63.2 Å². The SMILES string of the molecule is C=CC(=O)OC(CC[Si](OC)(OC)OC)OCC. The van der Waals surface area contributed by atoms with Crippen molar-refractivity contribution in [3.63, 3.8) is 0 Å². The molecular formula is C11H22O6Si. The number of esters is 1. The van der Waals surface area contributed by atoms with Crippen molar-refractivity contribution in [2.45, 2.75) is 25.7 Å². The molecule has 0 saturated carbocycles. The van der Waals surface area contributed by atoms with Crippen LogP contribution in [0.25, 0.3) is 0 Å². The fourth-order valence-corrected chi connectivity index (χ4v) is 3.09. The average Bonchev–Trinajstić information content (AvgIpc) is 2.40. The first-order valence-electron chi connectivity index (χ1n) is 5.67. The van der Waals surface area contributed by atoms with Gasteiger partial charge in [-0.25, -0.2) is 4.79 Å². The van der Waals surface area contributed by atoms with Gasteiger partial charge >= 0.3 is 14.8 Å². The average molecular weight is 278 g/mol. The van der Waals surface area contributed by atoms with Gasteiger partial charge in [0, 0.05) is 46.5 Å². The highest BCUT2D eigenvalue weighted by Gasteiger charge is 2.38. The molecule has 0 radical (unpaired) electrons. The second-order valence-electron chi connectivity index (χ2n) is 3.36. The first-order valence-corrected chi connectivity index (χ1v) is 7.60. The van der Waals surface area contributed by atoms with E-state index in [9.17, 15) is 4.79 Å².